The highest BCUT2D eigenvalue weighted by Crippen LogP contribution is 2.36. The van der Waals surface area contributed by atoms with Gasteiger partial charge in [0.1, 0.15) is 0 Å². The van der Waals surface area contributed by atoms with Crippen molar-refractivity contribution in [3.8, 4) is 0 Å². The molecule has 17 heavy (non-hydrogen) atoms. The molecule has 8 nitrogen and oxygen atoms in total. The van der Waals surface area contributed by atoms with Crippen LogP contribution in [0.3, 0.4) is 0 Å². The molecule has 0 radical (unpaired) electrons. The zero-order valence-corrected chi connectivity index (χ0v) is 10.8. The monoisotopic (exact) mass is 272 g/mol. The van der Waals surface area contributed by atoms with Gasteiger partial charge in [0, 0.05) is 20.6 Å². The molecule has 0 bridgehead atoms. The molecular weight excluding hydrogens is 255 g/mol. The van der Waals surface area contributed by atoms with E-state index in [4.69, 9.17) is 19.3 Å². The van der Waals surface area contributed by atoms with Crippen molar-refractivity contribution >= 4 is 13.8 Å². The first kappa shape index (κ1) is 16.5. The van der Waals surface area contributed by atoms with E-state index in [1.807, 2.05) is 0 Å². The molecule has 0 aliphatic rings. The summed E-state index contributed by atoms with van der Waals surface area (Å²) in [6.07, 6.45) is 0.203. The van der Waals surface area contributed by atoms with Crippen LogP contribution in [0.4, 0.5) is 0 Å². The summed E-state index contributed by atoms with van der Waals surface area (Å²) in [5.74, 6) is -2.30. The molecule has 0 saturated carbocycles. The van der Waals surface area contributed by atoms with Gasteiger partial charge in [-0.25, -0.2) is 9.36 Å². The average Bonchev–Trinajstić information content (AvgIpc) is 2.28. The van der Waals surface area contributed by atoms with Gasteiger partial charge in [0.25, 0.3) is 5.79 Å². The summed E-state index contributed by atoms with van der Waals surface area (Å²) >= 11 is 0. The standard InChI is InChI=1S/C8H17O8P/c1-13-7(9)8(14-2,15-3)5-4-6-16-17(10,11)12/h4-6H2,1-3H3,(H2,10,11,12). The van der Waals surface area contributed by atoms with Crippen molar-refractivity contribution in [3.63, 3.8) is 0 Å². The second kappa shape index (κ2) is 7.05. The van der Waals surface area contributed by atoms with Gasteiger partial charge in [-0.2, -0.15) is 0 Å². The molecule has 0 spiro atoms. The molecule has 9 heteroatoms. The van der Waals surface area contributed by atoms with Crippen LogP contribution in [0.2, 0.25) is 0 Å². The number of phosphoric ester groups is 1. The SMILES string of the molecule is COC(=O)C(CCCOP(=O)(O)O)(OC)OC. The second-order valence-corrected chi connectivity index (χ2v) is 4.32. The zero-order valence-electron chi connectivity index (χ0n) is 9.91. The highest BCUT2D eigenvalue weighted by Gasteiger charge is 2.39. The maximum absolute atomic E-state index is 11.4. The number of esters is 1. The van der Waals surface area contributed by atoms with Crippen molar-refractivity contribution in [2.24, 2.45) is 0 Å². The molecule has 0 heterocycles. The van der Waals surface area contributed by atoms with Gasteiger partial charge in [-0.3, -0.25) is 4.52 Å². The highest BCUT2D eigenvalue weighted by atomic mass is 31.2. The van der Waals surface area contributed by atoms with Crippen LogP contribution >= 0.6 is 7.82 Å². The summed E-state index contributed by atoms with van der Waals surface area (Å²) in [4.78, 5) is 28.3. The van der Waals surface area contributed by atoms with E-state index in [0.29, 0.717) is 0 Å². The molecule has 102 valence electrons. The Labute approximate surface area is 99.0 Å². The van der Waals surface area contributed by atoms with Gasteiger partial charge >= 0.3 is 13.8 Å². The average molecular weight is 272 g/mol. The van der Waals surface area contributed by atoms with E-state index in [2.05, 4.69) is 9.26 Å². The lowest BCUT2D eigenvalue weighted by molar-refractivity contribution is -0.230. The topological polar surface area (TPSA) is 112 Å². The summed E-state index contributed by atoms with van der Waals surface area (Å²) in [7, 11) is -0.775. The maximum Gasteiger partial charge on any atom is 0.469 e. The van der Waals surface area contributed by atoms with Crippen molar-refractivity contribution in [3.05, 3.63) is 0 Å². The largest absolute Gasteiger partial charge is 0.469 e. The van der Waals surface area contributed by atoms with Crippen molar-refractivity contribution in [1.82, 2.24) is 0 Å². The van der Waals surface area contributed by atoms with Crippen LogP contribution in [-0.2, 0) is 28.1 Å². The number of hydrogen-bond donors (Lipinski definition) is 2. The molecule has 0 amide bonds. The Balaban J connectivity index is 4.28. The van der Waals surface area contributed by atoms with Gasteiger partial charge in [0.15, 0.2) is 0 Å². The fourth-order valence-electron chi connectivity index (χ4n) is 1.20. The minimum absolute atomic E-state index is 0.0483. The van der Waals surface area contributed by atoms with Crippen LogP contribution < -0.4 is 0 Å². The summed E-state index contributed by atoms with van der Waals surface area (Å²) in [5.41, 5.74) is 0. The number of methoxy groups -OCH3 is 3. The third-order valence-electron chi connectivity index (χ3n) is 2.07. The molecule has 0 fully saturated rings. The molecule has 0 aromatic heterocycles. The molecule has 0 rings (SSSR count). The molecule has 0 unspecified atom stereocenters. The second-order valence-electron chi connectivity index (χ2n) is 3.08. The van der Waals surface area contributed by atoms with Crippen molar-refractivity contribution in [2.45, 2.75) is 18.6 Å². The minimum atomic E-state index is -4.49. The van der Waals surface area contributed by atoms with Crippen LogP contribution in [0.25, 0.3) is 0 Å². The first-order valence-electron chi connectivity index (χ1n) is 4.70. The van der Waals surface area contributed by atoms with Crippen molar-refractivity contribution < 1.29 is 37.9 Å². The van der Waals surface area contributed by atoms with E-state index >= 15 is 0 Å². The molecule has 0 aromatic carbocycles. The lowest BCUT2D eigenvalue weighted by Gasteiger charge is -2.27. The molecular formula is C8H17O8P. The fourth-order valence-corrected chi connectivity index (χ4v) is 1.57. The highest BCUT2D eigenvalue weighted by molar-refractivity contribution is 7.46. The van der Waals surface area contributed by atoms with Gasteiger partial charge in [-0.15, -0.1) is 0 Å². The number of hydrogen-bond acceptors (Lipinski definition) is 6. The first-order chi connectivity index (χ1) is 7.81. The molecule has 0 atom stereocenters. The zero-order chi connectivity index (χ0) is 13.5. The third-order valence-corrected chi connectivity index (χ3v) is 2.58. The Bertz CT molecular complexity index is 281. The lowest BCUT2D eigenvalue weighted by Crippen LogP contribution is -2.43. The van der Waals surface area contributed by atoms with E-state index in [-0.39, 0.29) is 19.4 Å². The Hall–Kier alpha value is -0.500. The first-order valence-corrected chi connectivity index (χ1v) is 6.23. The Morgan fingerprint density at radius 3 is 2.12 bits per heavy atom. The van der Waals surface area contributed by atoms with E-state index in [1.54, 1.807) is 0 Å². The minimum Gasteiger partial charge on any atom is -0.465 e. The molecule has 0 saturated heterocycles. The molecule has 0 aliphatic carbocycles. The fraction of sp³-hybridized carbons (Fsp3) is 0.875. The number of phosphoric acid groups is 1. The summed E-state index contributed by atoms with van der Waals surface area (Å²) < 4.78 is 29.0. The third kappa shape index (κ3) is 5.58. The predicted octanol–water partition coefficient (Wildman–Crippen LogP) is 0.0380. The van der Waals surface area contributed by atoms with Crippen molar-refractivity contribution in [1.29, 1.82) is 0 Å². The van der Waals surface area contributed by atoms with Gasteiger partial charge in [0.2, 0.25) is 0 Å². The lowest BCUT2D eigenvalue weighted by atomic mass is 10.1. The summed E-state index contributed by atoms with van der Waals surface area (Å²) in [6.45, 7) is -0.226. The van der Waals surface area contributed by atoms with Gasteiger partial charge in [-0.05, 0) is 6.42 Å². The van der Waals surface area contributed by atoms with Gasteiger partial charge in [-0.1, -0.05) is 0 Å². The van der Waals surface area contributed by atoms with Crippen LogP contribution in [-0.4, -0.2) is 49.5 Å². The van der Waals surface area contributed by atoms with Crippen LogP contribution in [0.1, 0.15) is 12.8 Å². The quantitative estimate of drug-likeness (QED) is 0.275. The van der Waals surface area contributed by atoms with Gasteiger partial charge < -0.3 is 24.0 Å². The Morgan fingerprint density at radius 2 is 1.76 bits per heavy atom. The summed E-state index contributed by atoms with van der Waals surface area (Å²) in [5, 5.41) is 0. The van der Waals surface area contributed by atoms with E-state index in [9.17, 15) is 9.36 Å². The van der Waals surface area contributed by atoms with E-state index in [1.165, 1.54) is 21.3 Å². The van der Waals surface area contributed by atoms with Gasteiger partial charge in [0.05, 0.1) is 13.7 Å². The van der Waals surface area contributed by atoms with Crippen molar-refractivity contribution in [2.75, 3.05) is 27.9 Å². The van der Waals surface area contributed by atoms with E-state index in [0.717, 1.165) is 0 Å². The maximum atomic E-state index is 11.4. The Kier molecular flexibility index (Phi) is 6.84. The summed E-state index contributed by atoms with van der Waals surface area (Å²) in [6, 6.07) is 0. The number of carbonyl (C=O) groups excluding carboxylic acids is 1. The smallest absolute Gasteiger partial charge is 0.465 e. The van der Waals surface area contributed by atoms with Crippen LogP contribution in [0.5, 0.6) is 0 Å². The Morgan fingerprint density at radius 1 is 1.24 bits per heavy atom. The number of rotatable bonds is 8. The van der Waals surface area contributed by atoms with E-state index < -0.39 is 19.6 Å². The van der Waals surface area contributed by atoms with Crippen LogP contribution in [0, 0.1) is 0 Å². The van der Waals surface area contributed by atoms with Crippen LogP contribution in [0.15, 0.2) is 0 Å². The predicted molar refractivity (Wildman–Crippen MR) is 56.0 cm³/mol. The number of carbonyl (C=O) groups is 1. The number of ether oxygens (including phenoxy) is 3. The molecule has 2 N–H and O–H groups in total. The normalized spacial score (nSPS) is 12.5. The molecule has 0 aliphatic heterocycles. The molecule has 0 aromatic rings.